The third kappa shape index (κ3) is 5.72. The number of carbonyl (C=O) groups is 2. The van der Waals surface area contributed by atoms with Gasteiger partial charge in [-0.05, 0) is 44.4 Å². The fraction of sp³-hybridized carbons (Fsp3) is 0.500. The van der Waals surface area contributed by atoms with Gasteiger partial charge in [0.05, 0.1) is 17.8 Å². The predicted octanol–water partition coefficient (Wildman–Crippen LogP) is 2.33. The van der Waals surface area contributed by atoms with Crippen molar-refractivity contribution in [3.63, 3.8) is 0 Å². The van der Waals surface area contributed by atoms with E-state index in [0.717, 1.165) is 44.5 Å². The van der Waals surface area contributed by atoms with E-state index in [-0.39, 0.29) is 17.3 Å². The SMILES string of the molecule is Cc1cc(=O)c(C(=O)N2CCN(CC(=O)N3CCCCC3)CC2)nn1-c1cccc(C(F)(F)F)c1. The highest BCUT2D eigenvalue weighted by molar-refractivity contribution is 5.92. The second-order valence-electron chi connectivity index (χ2n) is 8.97. The first-order valence-electron chi connectivity index (χ1n) is 11.7. The summed E-state index contributed by atoms with van der Waals surface area (Å²) in [7, 11) is 0. The lowest BCUT2D eigenvalue weighted by atomic mass is 10.1. The van der Waals surface area contributed by atoms with Crippen LogP contribution in [0.2, 0.25) is 0 Å². The summed E-state index contributed by atoms with van der Waals surface area (Å²) in [6.07, 6.45) is -1.34. The highest BCUT2D eigenvalue weighted by Crippen LogP contribution is 2.30. The van der Waals surface area contributed by atoms with Crippen LogP contribution in [-0.4, -0.2) is 82.1 Å². The van der Waals surface area contributed by atoms with Crippen molar-refractivity contribution in [1.29, 1.82) is 0 Å². The monoisotopic (exact) mass is 491 g/mol. The summed E-state index contributed by atoms with van der Waals surface area (Å²) in [5, 5.41) is 4.14. The highest BCUT2D eigenvalue weighted by atomic mass is 19.4. The fourth-order valence-corrected chi connectivity index (χ4v) is 4.46. The molecule has 0 atom stereocenters. The fourth-order valence-electron chi connectivity index (χ4n) is 4.46. The number of benzene rings is 1. The Morgan fingerprint density at radius 2 is 1.63 bits per heavy atom. The quantitative estimate of drug-likeness (QED) is 0.656. The number of aryl methyl sites for hydroxylation is 1. The molecule has 0 radical (unpaired) electrons. The summed E-state index contributed by atoms with van der Waals surface area (Å²) in [5.41, 5.74) is -1.36. The number of hydrogen-bond donors (Lipinski definition) is 0. The van der Waals surface area contributed by atoms with Crippen molar-refractivity contribution in [2.75, 3.05) is 45.8 Å². The minimum atomic E-state index is -4.53. The number of rotatable bonds is 4. The third-order valence-electron chi connectivity index (χ3n) is 6.46. The zero-order valence-corrected chi connectivity index (χ0v) is 19.6. The van der Waals surface area contributed by atoms with Crippen molar-refractivity contribution in [1.82, 2.24) is 24.5 Å². The molecule has 188 valence electrons. The van der Waals surface area contributed by atoms with Crippen LogP contribution in [0.3, 0.4) is 0 Å². The van der Waals surface area contributed by atoms with Gasteiger partial charge in [0.15, 0.2) is 5.69 Å². The normalized spacial score (nSPS) is 17.5. The van der Waals surface area contributed by atoms with Gasteiger partial charge in [0, 0.05) is 51.0 Å². The van der Waals surface area contributed by atoms with Crippen LogP contribution < -0.4 is 5.43 Å². The molecule has 1 aromatic carbocycles. The molecule has 2 saturated heterocycles. The molecule has 2 aliphatic heterocycles. The maximum Gasteiger partial charge on any atom is 0.416 e. The lowest BCUT2D eigenvalue weighted by molar-refractivity contribution is -0.137. The molecule has 0 unspecified atom stereocenters. The molecular weight excluding hydrogens is 463 g/mol. The smallest absolute Gasteiger partial charge is 0.342 e. The van der Waals surface area contributed by atoms with E-state index in [1.54, 1.807) is 6.92 Å². The molecule has 8 nitrogen and oxygen atoms in total. The molecule has 2 amide bonds. The lowest BCUT2D eigenvalue weighted by Crippen LogP contribution is -2.52. The number of piperazine rings is 1. The third-order valence-corrected chi connectivity index (χ3v) is 6.46. The maximum atomic E-state index is 13.1. The van der Waals surface area contributed by atoms with E-state index >= 15 is 0 Å². The number of aromatic nitrogens is 2. The first kappa shape index (κ1) is 24.9. The summed E-state index contributed by atoms with van der Waals surface area (Å²) in [6.45, 7) is 5.03. The van der Waals surface area contributed by atoms with Gasteiger partial charge in [-0.2, -0.15) is 18.3 Å². The molecule has 0 saturated carbocycles. The molecule has 0 bridgehead atoms. The highest BCUT2D eigenvalue weighted by Gasteiger charge is 2.31. The Labute approximate surface area is 200 Å². The second-order valence-corrected chi connectivity index (χ2v) is 8.97. The Bertz CT molecular complexity index is 1150. The van der Waals surface area contributed by atoms with Crippen LogP contribution >= 0.6 is 0 Å². The average molecular weight is 492 g/mol. The number of halogens is 3. The van der Waals surface area contributed by atoms with Gasteiger partial charge in [-0.25, -0.2) is 4.68 Å². The molecule has 2 aliphatic rings. The number of piperidine rings is 1. The molecule has 4 rings (SSSR count). The number of carbonyl (C=O) groups excluding carboxylic acids is 2. The van der Waals surface area contributed by atoms with Crippen molar-refractivity contribution >= 4 is 11.8 Å². The molecule has 35 heavy (non-hydrogen) atoms. The molecule has 0 N–H and O–H groups in total. The van der Waals surface area contributed by atoms with Crippen LogP contribution in [0.25, 0.3) is 5.69 Å². The Kier molecular flexibility index (Phi) is 7.25. The second kappa shape index (κ2) is 10.2. The summed E-state index contributed by atoms with van der Waals surface area (Å²) in [5.74, 6) is -0.480. The van der Waals surface area contributed by atoms with E-state index in [1.165, 1.54) is 27.8 Å². The first-order valence-corrected chi connectivity index (χ1v) is 11.7. The Morgan fingerprint density at radius 3 is 2.29 bits per heavy atom. The van der Waals surface area contributed by atoms with Crippen LogP contribution in [0, 0.1) is 6.92 Å². The Morgan fingerprint density at radius 1 is 0.943 bits per heavy atom. The predicted molar refractivity (Wildman–Crippen MR) is 122 cm³/mol. The molecular formula is C24H28F3N5O3. The molecule has 0 aliphatic carbocycles. The first-order chi connectivity index (χ1) is 16.6. The number of likely N-dealkylation sites (tertiary alicyclic amines) is 1. The van der Waals surface area contributed by atoms with Gasteiger partial charge in [0.25, 0.3) is 5.91 Å². The van der Waals surface area contributed by atoms with Crippen molar-refractivity contribution < 1.29 is 22.8 Å². The lowest BCUT2D eigenvalue weighted by Gasteiger charge is -2.35. The van der Waals surface area contributed by atoms with E-state index < -0.39 is 23.1 Å². The Hall–Kier alpha value is -3.21. The van der Waals surface area contributed by atoms with E-state index in [0.29, 0.717) is 38.4 Å². The number of nitrogens with zero attached hydrogens (tertiary/aromatic N) is 5. The number of hydrogen-bond acceptors (Lipinski definition) is 5. The number of alkyl halides is 3. The van der Waals surface area contributed by atoms with Gasteiger partial charge in [-0.1, -0.05) is 6.07 Å². The zero-order chi connectivity index (χ0) is 25.2. The van der Waals surface area contributed by atoms with Crippen LogP contribution in [0.5, 0.6) is 0 Å². The zero-order valence-electron chi connectivity index (χ0n) is 19.6. The van der Waals surface area contributed by atoms with Crippen molar-refractivity contribution in [2.24, 2.45) is 0 Å². The Balaban J connectivity index is 1.46. The topological polar surface area (TPSA) is 78.8 Å². The van der Waals surface area contributed by atoms with Gasteiger partial charge >= 0.3 is 6.18 Å². The van der Waals surface area contributed by atoms with E-state index in [4.69, 9.17) is 0 Å². The van der Waals surface area contributed by atoms with E-state index in [2.05, 4.69) is 5.10 Å². The molecule has 1 aromatic heterocycles. The van der Waals surface area contributed by atoms with Crippen LogP contribution in [0.15, 0.2) is 35.1 Å². The van der Waals surface area contributed by atoms with Gasteiger partial charge in [0.1, 0.15) is 0 Å². The molecule has 2 fully saturated rings. The largest absolute Gasteiger partial charge is 0.416 e. The molecule has 0 spiro atoms. The summed E-state index contributed by atoms with van der Waals surface area (Å²) in [6, 6.07) is 5.77. The molecule has 11 heteroatoms. The summed E-state index contributed by atoms with van der Waals surface area (Å²) >= 11 is 0. The van der Waals surface area contributed by atoms with Gasteiger partial charge in [0.2, 0.25) is 11.3 Å². The van der Waals surface area contributed by atoms with Crippen molar-refractivity contribution in [3.05, 3.63) is 57.5 Å². The van der Waals surface area contributed by atoms with Crippen molar-refractivity contribution in [2.45, 2.75) is 32.4 Å². The number of amides is 2. The maximum absolute atomic E-state index is 13.1. The van der Waals surface area contributed by atoms with Gasteiger partial charge in [-0.3, -0.25) is 19.3 Å². The summed E-state index contributed by atoms with van der Waals surface area (Å²) in [4.78, 5) is 43.5. The van der Waals surface area contributed by atoms with Crippen LogP contribution in [0.1, 0.15) is 41.0 Å². The minimum absolute atomic E-state index is 0.0913. The van der Waals surface area contributed by atoms with Gasteiger partial charge in [-0.15, -0.1) is 0 Å². The molecule has 2 aromatic rings. The molecule has 3 heterocycles. The van der Waals surface area contributed by atoms with Crippen LogP contribution in [0.4, 0.5) is 13.2 Å². The van der Waals surface area contributed by atoms with E-state index in [1.807, 2.05) is 9.80 Å². The van der Waals surface area contributed by atoms with Crippen molar-refractivity contribution in [3.8, 4) is 5.69 Å². The van der Waals surface area contributed by atoms with E-state index in [9.17, 15) is 27.6 Å². The minimum Gasteiger partial charge on any atom is -0.342 e. The summed E-state index contributed by atoms with van der Waals surface area (Å²) < 4.78 is 40.6. The average Bonchev–Trinajstić information content (AvgIpc) is 2.84. The standard InChI is InChI=1S/C24H28F3N5O3/c1-17-14-20(33)22(28-32(17)19-7-5-6-18(15-19)24(25,26)27)23(35)31-12-10-29(11-13-31)16-21(34)30-8-3-2-4-9-30/h5-7,14-15H,2-4,8-13,16H2,1H3. The van der Waals surface area contributed by atoms with Crippen LogP contribution in [-0.2, 0) is 11.0 Å². The van der Waals surface area contributed by atoms with Gasteiger partial charge < -0.3 is 9.80 Å².